The number of nitrogens with one attached hydrogen (secondary N) is 1. The van der Waals surface area contributed by atoms with Crippen molar-refractivity contribution in [2.75, 3.05) is 20.1 Å². The first-order chi connectivity index (χ1) is 9.90. The van der Waals surface area contributed by atoms with Crippen LogP contribution in [-0.4, -0.2) is 38.9 Å². The Morgan fingerprint density at radius 1 is 1.43 bits per heavy atom. The monoisotopic (exact) mass is 314 g/mol. The van der Waals surface area contributed by atoms with Gasteiger partial charge in [-0.15, -0.1) is 0 Å². The fraction of sp³-hybridized carbons (Fsp3) is 0.600. The van der Waals surface area contributed by atoms with E-state index in [0.717, 1.165) is 12.8 Å². The molecule has 0 radical (unpaired) electrons. The Bertz CT molecular complexity index is 604. The van der Waals surface area contributed by atoms with Gasteiger partial charge in [-0.2, -0.15) is 4.31 Å². The summed E-state index contributed by atoms with van der Waals surface area (Å²) < 4.78 is 40.2. The van der Waals surface area contributed by atoms with Crippen molar-refractivity contribution in [1.29, 1.82) is 0 Å². The third-order valence-corrected chi connectivity index (χ3v) is 6.37. The molecule has 1 aromatic rings. The van der Waals surface area contributed by atoms with Gasteiger partial charge in [0.1, 0.15) is 5.82 Å². The number of benzene rings is 1. The average Bonchev–Trinajstić information content (AvgIpc) is 2.46. The van der Waals surface area contributed by atoms with Gasteiger partial charge < -0.3 is 5.32 Å². The van der Waals surface area contributed by atoms with Gasteiger partial charge in [0, 0.05) is 19.1 Å². The summed E-state index contributed by atoms with van der Waals surface area (Å²) in [4.78, 5) is 0.210. The van der Waals surface area contributed by atoms with E-state index in [4.69, 9.17) is 0 Å². The number of hydrogen-bond acceptors (Lipinski definition) is 3. The lowest BCUT2D eigenvalue weighted by molar-refractivity contribution is 0.209. The Morgan fingerprint density at radius 3 is 2.71 bits per heavy atom. The van der Waals surface area contributed by atoms with E-state index >= 15 is 0 Å². The van der Waals surface area contributed by atoms with Crippen LogP contribution in [0.5, 0.6) is 0 Å². The molecule has 118 valence electrons. The molecule has 6 heteroatoms. The van der Waals surface area contributed by atoms with E-state index in [1.165, 1.54) is 22.5 Å². The second-order valence-electron chi connectivity index (χ2n) is 5.63. The van der Waals surface area contributed by atoms with Gasteiger partial charge in [-0.25, -0.2) is 12.8 Å². The zero-order valence-electron chi connectivity index (χ0n) is 12.8. The van der Waals surface area contributed by atoms with Gasteiger partial charge in [0.05, 0.1) is 4.90 Å². The number of piperidine rings is 1. The van der Waals surface area contributed by atoms with E-state index in [0.29, 0.717) is 30.6 Å². The molecule has 2 rings (SSSR count). The highest BCUT2D eigenvalue weighted by Gasteiger charge is 2.34. The number of hydrogen-bond donors (Lipinski definition) is 1. The molecular formula is C15H23FN2O2S. The molecule has 1 heterocycles. The average molecular weight is 314 g/mol. The fourth-order valence-corrected chi connectivity index (χ4v) is 4.77. The zero-order chi connectivity index (χ0) is 15.6. The van der Waals surface area contributed by atoms with Gasteiger partial charge >= 0.3 is 0 Å². The smallest absolute Gasteiger partial charge is 0.243 e. The molecule has 2 atom stereocenters. The predicted molar refractivity (Wildman–Crippen MR) is 81.1 cm³/mol. The number of sulfonamides is 1. The number of halogens is 1. The minimum absolute atomic E-state index is 0.210. The summed E-state index contributed by atoms with van der Waals surface area (Å²) in [6, 6.07) is 4.20. The minimum Gasteiger partial charge on any atom is -0.317 e. The highest BCUT2D eigenvalue weighted by atomic mass is 32.2. The number of aryl methyl sites for hydroxylation is 1. The topological polar surface area (TPSA) is 49.4 Å². The number of rotatable bonds is 4. The van der Waals surface area contributed by atoms with Crippen molar-refractivity contribution in [3.8, 4) is 0 Å². The maximum atomic E-state index is 13.2. The summed E-state index contributed by atoms with van der Waals surface area (Å²) in [5, 5.41) is 3.26. The van der Waals surface area contributed by atoms with Gasteiger partial charge in [-0.3, -0.25) is 0 Å². The van der Waals surface area contributed by atoms with Crippen LogP contribution in [0.3, 0.4) is 0 Å². The molecule has 1 N–H and O–H groups in total. The second kappa shape index (κ2) is 6.42. The van der Waals surface area contributed by atoms with Crippen LogP contribution >= 0.6 is 0 Å². The van der Waals surface area contributed by atoms with Gasteiger partial charge in [0.25, 0.3) is 0 Å². The zero-order valence-corrected chi connectivity index (χ0v) is 13.6. The van der Waals surface area contributed by atoms with Crippen LogP contribution in [0, 0.1) is 18.7 Å². The molecule has 0 spiro atoms. The Kier molecular flexibility index (Phi) is 5.01. The molecule has 1 fully saturated rings. The van der Waals surface area contributed by atoms with Crippen molar-refractivity contribution in [2.24, 2.45) is 5.92 Å². The van der Waals surface area contributed by atoms with E-state index in [1.54, 1.807) is 6.92 Å². The fourth-order valence-electron chi connectivity index (χ4n) is 3.05. The molecule has 0 bridgehead atoms. The quantitative estimate of drug-likeness (QED) is 0.926. The molecule has 1 aliphatic heterocycles. The van der Waals surface area contributed by atoms with Gasteiger partial charge in [0.15, 0.2) is 0 Å². The summed E-state index contributed by atoms with van der Waals surface area (Å²) >= 11 is 0. The van der Waals surface area contributed by atoms with E-state index in [9.17, 15) is 12.8 Å². The molecule has 0 aromatic heterocycles. The molecular weight excluding hydrogens is 291 g/mol. The van der Waals surface area contributed by atoms with E-state index in [-0.39, 0.29) is 4.90 Å². The largest absolute Gasteiger partial charge is 0.317 e. The lowest BCUT2D eigenvalue weighted by Crippen LogP contribution is -2.50. The predicted octanol–water partition coefficient (Wildman–Crippen LogP) is 2.14. The van der Waals surface area contributed by atoms with Gasteiger partial charge in [-0.05, 0) is 50.1 Å². The standard InChI is InChI=1S/C15H23FN2O2S/c1-4-12-10-18(8-7-14(12)17-3)21(19,20)15-6-5-13(16)9-11(15)2/h5-6,9,12,14,17H,4,7-8,10H2,1-3H3. The molecule has 0 aliphatic carbocycles. The Balaban J connectivity index is 2.28. The van der Waals surface area contributed by atoms with Crippen molar-refractivity contribution < 1.29 is 12.8 Å². The lowest BCUT2D eigenvalue weighted by Gasteiger charge is -2.37. The van der Waals surface area contributed by atoms with Crippen molar-refractivity contribution >= 4 is 10.0 Å². The first kappa shape index (κ1) is 16.4. The second-order valence-corrected chi connectivity index (χ2v) is 7.53. The first-order valence-electron chi connectivity index (χ1n) is 7.33. The molecule has 2 unspecified atom stereocenters. The molecule has 1 aromatic carbocycles. The maximum absolute atomic E-state index is 13.2. The van der Waals surface area contributed by atoms with E-state index in [2.05, 4.69) is 12.2 Å². The van der Waals surface area contributed by atoms with Crippen molar-refractivity contribution in [1.82, 2.24) is 9.62 Å². The SMILES string of the molecule is CCC1CN(S(=O)(=O)c2ccc(F)cc2C)CCC1NC. The van der Waals surface area contributed by atoms with Gasteiger partial charge in [0.2, 0.25) is 10.0 Å². The Labute approximate surface area is 126 Å². The van der Waals surface area contributed by atoms with Crippen LogP contribution in [0.15, 0.2) is 23.1 Å². The molecule has 1 saturated heterocycles. The van der Waals surface area contributed by atoms with Crippen LogP contribution in [0.25, 0.3) is 0 Å². The molecule has 1 aliphatic rings. The highest BCUT2D eigenvalue weighted by Crippen LogP contribution is 2.27. The summed E-state index contributed by atoms with van der Waals surface area (Å²) in [6.07, 6.45) is 1.73. The summed E-state index contributed by atoms with van der Waals surface area (Å²) in [6.45, 7) is 4.73. The first-order valence-corrected chi connectivity index (χ1v) is 8.77. The Morgan fingerprint density at radius 2 is 2.14 bits per heavy atom. The molecule has 0 amide bonds. The highest BCUT2D eigenvalue weighted by molar-refractivity contribution is 7.89. The van der Waals surface area contributed by atoms with Crippen molar-refractivity contribution in [3.63, 3.8) is 0 Å². The van der Waals surface area contributed by atoms with Crippen LogP contribution in [0.1, 0.15) is 25.3 Å². The van der Waals surface area contributed by atoms with Crippen molar-refractivity contribution in [3.05, 3.63) is 29.6 Å². The lowest BCUT2D eigenvalue weighted by atomic mass is 9.91. The van der Waals surface area contributed by atoms with Crippen LogP contribution in [-0.2, 0) is 10.0 Å². The third-order valence-electron chi connectivity index (χ3n) is 4.35. The summed E-state index contributed by atoms with van der Waals surface area (Å²) in [5.74, 6) is -0.106. The number of nitrogens with zero attached hydrogens (tertiary/aromatic N) is 1. The van der Waals surface area contributed by atoms with Crippen LogP contribution in [0.4, 0.5) is 4.39 Å². The summed E-state index contributed by atoms with van der Waals surface area (Å²) in [5.41, 5.74) is 0.457. The van der Waals surface area contributed by atoms with Crippen molar-refractivity contribution in [2.45, 2.75) is 37.6 Å². The molecule has 21 heavy (non-hydrogen) atoms. The molecule has 4 nitrogen and oxygen atoms in total. The Hall–Kier alpha value is -0.980. The van der Waals surface area contributed by atoms with E-state index < -0.39 is 15.8 Å². The van der Waals surface area contributed by atoms with Crippen LogP contribution < -0.4 is 5.32 Å². The van der Waals surface area contributed by atoms with Crippen LogP contribution in [0.2, 0.25) is 0 Å². The third kappa shape index (κ3) is 3.27. The summed E-state index contributed by atoms with van der Waals surface area (Å²) in [7, 11) is -1.63. The maximum Gasteiger partial charge on any atom is 0.243 e. The normalized spacial score (nSPS) is 24.2. The van der Waals surface area contributed by atoms with Gasteiger partial charge in [-0.1, -0.05) is 13.3 Å². The minimum atomic E-state index is -3.55. The molecule has 0 saturated carbocycles. The van der Waals surface area contributed by atoms with E-state index in [1.807, 2.05) is 7.05 Å².